The Balaban J connectivity index is 1.75. The van der Waals surface area contributed by atoms with Gasteiger partial charge >= 0.3 is 0 Å². The number of hydrogen-bond donors (Lipinski definition) is 1. The van der Waals surface area contributed by atoms with Crippen molar-refractivity contribution in [3.63, 3.8) is 0 Å². The fraction of sp³-hybridized carbons (Fsp3) is 0.533. The summed E-state index contributed by atoms with van der Waals surface area (Å²) < 4.78 is 11.0. The lowest BCUT2D eigenvalue weighted by molar-refractivity contribution is -0.124. The number of carbonyl (C=O) groups is 1. The third-order valence-electron chi connectivity index (χ3n) is 3.27. The summed E-state index contributed by atoms with van der Waals surface area (Å²) in [6.07, 6.45) is 2.23. The van der Waals surface area contributed by atoms with Crippen LogP contribution in [0.3, 0.4) is 0 Å². The first-order valence-electron chi connectivity index (χ1n) is 6.75. The van der Waals surface area contributed by atoms with Gasteiger partial charge in [0, 0.05) is 6.61 Å². The Morgan fingerprint density at radius 3 is 3.11 bits per heavy atom. The maximum atomic E-state index is 11.8. The lowest BCUT2D eigenvalue weighted by Crippen LogP contribution is -2.42. The van der Waals surface area contributed by atoms with Gasteiger partial charge in [-0.05, 0) is 44.4 Å². The molecule has 2 rings (SSSR count). The molecule has 0 spiro atoms. The van der Waals surface area contributed by atoms with E-state index in [1.807, 2.05) is 38.1 Å². The molecule has 0 saturated carbocycles. The average molecular weight is 263 g/mol. The largest absolute Gasteiger partial charge is 0.484 e. The zero-order valence-corrected chi connectivity index (χ0v) is 11.5. The lowest BCUT2D eigenvalue weighted by Gasteiger charge is -2.20. The molecule has 1 saturated heterocycles. The van der Waals surface area contributed by atoms with Crippen molar-refractivity contribution in [2.75, 3.05) is 13.2 Å². The molecule has 1 aromatic rings. The van der Waals surface area contributed by atoms with Crippen molar-refractivity contribution in [3.05, 3.63) is 29.8 Å². The molecule has 19 heavy (non-hydrogen) atoms. The molecule has 0 aromatic heterocycles. The highest BCUT2D eigenvalue weighted by Gasteiger charge is 2.23. The molecule has 1 amide bonds. The van der Waals surface area contributed by atoms with Gasteiger partial charge in [-0.1, -0.05) is 12.1 Å². The zero-order chi connectivity index (χ0) is 13.7. The van der Waals surface area contributed by atoms with E-state index in [-0.39, 0.29) is 24.7 Å². The fourth-order valence-electron chi connectivity index (χ4n) is 2.24. The monoisotopic (exact) mass is 263 g/mol. The van der Waals surface area contributed by atoms with E-state index in [4.69, 9.17) is 9.47 Å². The van der Waals surface area contributed by atoms with Gasteiger partial charge in [-0.25, -0.2) is 0 Å². The summed E-state index contributed by atoms with van der Waals surface area (Å²) in [5, 5.41) is 2.92. The van der Waals surface area contributed by atoms with Crippen molar-refractivity contribution in [3.8, 4) is 5.75 Å². The molecule has 0 bridgehead atoms. The molecule has 1 fully saturated rings. The Bertz CT molecular complexity index is 427. The highest BCUT2D eigenvalue weighted by molar-refractivity contribution is 5.77. The molecule has 0 radical (unpaired) electrons. The predicted octanol–water partition coefficient (Wildman–Crippen LogP) is 2.06. The van der Waals surface area contributed by atoms with Crippen LogP contribution in [0.5, 0.6) is 5.75 Å². The topological polar surface area (TPSA) is 47.6 Å². The highest BCUT2D eigenvalue weighted by atomic mass is 16.5. The molecule has 1 aromatic carbocycles. The van der Waals surface area contributed by atoms with E-state index in [0.717, 1.165) is 30.8 Å². The molecule has 104 valence electrons. The van der Waals surface area contributed by atoms with E-state index in [1.165, 1.54) is 0 Å². The van der Waals surface area contributed by atoms with Crippen molar-refractivity contribution < 1.29 is 14.3 Å². The maximum absolute atomic E-state index is 11.8. The smallest absolute Gasteiger partial charge is 0.258 e. The van der Waals surface area contributed by atoms with Crippen molar-refractivity contribution in [1.82, 2.24) is 5.32 Å². The fourth-order valence-corrected chi connectivity index (χ4v) is 2.24. The van der Waals surface area contributed by atoms with Gasteiger partial charge in [0.1, 0.15) is 5.75 Å². The van der Waals surface area contributed by atoms with Gasteiger partial charge in [0.25, 0.3) is 5.91 Å². The number of rotatable bonds is 5. The summed E-state index contributed by atoms with van der Waals surface area (Å²) in [6.45, 7) is 4.80. The minimum Gasteiger partial charge on any atom is -0.484 e. The Morgan fingerprint density at radius 2 is 2.42 bits per heavy atom. The van der Waals surface area contributed by atoms with Crippen LogP contribution in [0.25, 0.3) is 0 Å². The van der Waals surface area contributed by atoms with E-state index in [9.17, 15) is 4.79 Å². The second-order valence-electron chi connectivity index (χ2n) is 5.01. The van der Waals surface area contributed by atoms with Crippen LogP contribution in [0.15, 0.2) is 24.3 Å². The summed E-state index contributed by atoms with van der Waals surface area (Å²) in [7, 11) is 0. The minimum absolute atomic E-state index is 0.0381. The second-order valence-corrected chi connectivity index (χ2v) is 5.01. The summed E-state index contributed by atoms with van der Waals surface area (Å²) in [5.74, 6) is 0.615. The molecule has 1 N–H and O–H groups in total. The van der Waals surface area contributed by atoms with Gasteiger partial charge in [0.15, 0.2) is 6.61 Å². The third kappa shape index (κ3) is 4.24. The third-order valence-corrected chi connectivity index (χ3v) is 3.27. The minimum atomic E-state index is -0.107. The summed E-state index contributed by atoms with van der Waals surface area (Å²) in [4.78, 5) is 11.8. The van der Waals surface area contributed by atoms with Crippen molar-refractivity contribution in [2.45, 2.75) is 38.8 Å². The van der Waals surface area contributed by atoms with Gasteiger partial charge < -0.3 is 14.8 Å². The van der Waals surface area contributed by atoms with E-state index < -0.39 is 0 Å². The van der Waals surface area contributed by atoms with Crippen LogP contribution < -0.4 is 10.1 Å². The highest BCUT2D eigenvalue weighted by Crippen LogP contribution is 2.15. The number of aryl methyl sites for hydroxylation is 1. The van der Waals surface area contributed by atoms with Crippen LogP contribution in [0.1, 0.15) is 25.3 Å². The van der Waals surface area contributed by atoms with Gasteiger partial charge in [-0.3, -0.25) is 4.79 Å². The first-order valence-corrected chi connectivity index (χ1v) is 6.75. The summed E-state index contributed by atoms with van der Waals surface area (Å²) in [6, 6.07) is 7.71. The molecule has 4 heteroatoms. The van der Waals surface area contributed by atoms with Gasteiger partial charge in [0.2, 0.25) is 0 Å². The predicted molar refractivity (Wildman–Crippen MR) is 73.3 cm³/mol. The molecule has 4 nitrogen and oxygen atoms in total. The summed E-state index contributed by atoms with van der Waals surface area (Å²) >= 11 is 0. The molecular weight excluding hydrogens is 242 g/mol. The number of nitrogens with one attached hydrogen (secondary N) is 1. The van der Waals surface area contributed by atoms with Gasteiger partial charge in [-0.2, -0.15) is 0 Å². The van der Waals surface area contributed by atoms with Gasteiger partial charge in [-0.15, -0.1) is 0 Å². The molecule has 2 atom stereocenters. The van der Waals surface area contributed by atoms with Crippen LogP contribution in [0.4, 0.5) is 0 Å². The Hall–Kier alpha value is -1.55. The quantitative estimate of drug-likeness (QED) is 0.884. The van der Waals surface area contributed by atoms with Crippen molar-refractivity contribution in [1.29, 1.82) is 0 Å². The van der Waals surface area contributed by atoms with E-state index in [1.54, 1.807) is 0 Å². The molecule has 1 aliphatic heterocycles. The number of carbonyl (C=O) groups excluding carboxylic acids is 1. The molecule has 1 heterocycles. The maximum Gasteiger partial charge on any atom is 0.258 e. The SMILES string of the molecule is Cc1cccc(OCC(=O)N[C@@H](C)[C@H]2CCCO2)c1. The molecule has 1 aliphatic rings. The first kappa shape index (κ1) is 13.9. The number of ether oxygens (including phenoxy) is 2. The summed E-state index contributed by atoms with van der Waals surface area (Å²) in [5.41, 5.74) is 1.12. The van der Waals surface area contributed by atoms with Crippen LogP contribution in [0.2, 0.25) is 0 Å². The average Bonchev–Trinajstić information content (AvgIpc) is 2.90. The van der Waals surface area contributed by atoms with E-state index in [2.05, 4.69) is 5.32 Å². The van der Waals surface area contributed by atoms with Crippen LogP contribution in [-0.2, 0) is 9.53 Å². The Kier molecular flexibility index (Phi) is 4.80. The molecular formula is C15H21NO3. The lowest BCUT2D eigenvalue weighted by atomic mass is 10.1. The standard InChI is InChI=1S/C15H21NO3/c1-11-5-3-6-13(9-11)19-10-15(17)16-12(2)14-7-4-8-18-14/h3,5-6,9,12,14H,4,7-8,10H2,1-2H3,(H,16,17)/t12-,14+/m0/s1. The van der Waals surface area contributed by atoms with Crippen LogP contribution in [0, 0.1) is 6.92 Å². The zero-order valence-electron chi connectivity index (χ0n) is 11.5. The Morgan fingerprint density at radius 1 is 1.58 bits per heavy atom. The van der Waals surface area contributed by atoms with Gasteiger partial charge in [0.05, 0.1) is 12.1 Å². The number of benzene rings is 1. The normalized spacial score (nSPS) is 20.0. The Labute approximate surface area is 114 Å². The number of amides is 1. The van der Waals surface area contributed by atoms with Crippen LogP contribution in [-0.4, -0.2) is 31.3 Å². The van der Waals surface area contributed by atoms with E-state index >= 15 is 0 Å². The van der Waals surface area contributed by atoms with Crippen molar-refractivity contribution >= 4 is 5.91 Å². The second kappa shape index (κ2) is 6.57. The number of hydrogen-bond acceptors (Lipinski definition) is 3. The molecule has 0 aliphatic carbocycles. The van der Waals surface area contributed by atoms with Crippen molar-refractivity contribution in [2.24, 2.45) is 0 Å². The van der Waals surface area contributed by atoms with E-state index in [0.29, 0.717) is 0 Å². The molecule has 0 unspecified atom stereocenters. The first-order chi connectivity index (χ1) is 9.15. The van der Waals surface area contributed by atoms with Crippen LogP contribution >= 0.6 is 0 Å².